The van der Waals surface area contributed by atoms with Crippen LogP contribution in [0, 0.1) is 0 Å². The van der Waals surface area contributed by atoms with Gasteiger partial charge < -0.3 is 10.4 Å². The fraction of sp³-hybridized carbons (Fsp3) is 0.174. The Balaban J connectivity index is 1.96. The van der Waals surface area contributed by atoms with Crippen LogP contribution in [0.2, 0.25) is 0 Å². The van der Waals surface area contributed by atoms with E-state index in [-0.39, 0.29) is 16.5 Å². The third-order valence-corrected chi connectivity index (χ3v) is 6.40. The maximum atomic E-state index is 13.2. The number of carboxylic acids is 1. The molecule has 0 aliphatic rings. The van der Waals surface area contributed by atoms with Crippen molar-refractivity contribution in [3.63, 3.8) is 0 Å². The lowest BCUT2D eigenvalue weighted by atomic mass is 10.1. The van der Waals surface area contributed by atoms with Gasteiger partial charge in [0.15, 0.2) is 0 Å². The zero-order chi connectivity index (χ0) is 21.7. The molecule has 6 nitrogen and oxygen atoms in total. The highest BCUT2D eigenvalue weighted by atomic mass is 32.2. The van der Waals surface area contributed by atoms with Crippen LogP contribution in [0.1, 0.15) is 47.4 Å². The van der Waals surface area contributed by atoms with Gasteiger partial charge in [0.05, 0.1) is 11.3 Å². The van der Waals surface area contributed by atoms with E-state index >= 15 is 0 Å². The second kappa shape index (κ2) is 9.11. The van der Waals surface area contributed by atoms with Gasteiger partial charge in [-0.25, -0.2) is 17.9 Å². The van der Waals surface area contributed by atoms with Gasteiger partial charge in [-0.3, -0.25) is 0 Å². The third kappa shape index (κ3) is 5.06. The molecule has 3 aromatic rings. The normalized spacial score (nSPS) is 13.4. The van der Waals surface area contributed by atoms with E-state index in [4.69, 9.17) is 0 Å². The smallest absolute Gasteiger partial charge is 0.335 e. The fourth-order valence-corrected chi connectivity index (χ4v) is 4.59. The van der Waals surface area contributed by atoms with Crippen molar-refractivity contribution >= 4 is 21.7 Å². The van der Waals surface area contributed by atoms with Crippen LogP contribution in [0.3, 0.4) is 0 Å². The van der Waals surface area contributed by atoms with Crippen molar-refractivity contribution in [3.05, 3.63) is 95.6 Å². The summed E-state index contributed by atoms with van der Waals surface area (Å²) in [5, 5.41) is 12.5. The molecule has 2 atom stereocenters. The summed E-state index contributed by atoms with van der Waals surface area (Å²) in [7, 11) is -4.00. The van der Waals surface area contributed by atoms with E-state index in [2.05, 4.69) is 10.0 Å². The lowest BCUT2D eigenvalue weighted by molar-refractivity contribution is 0.0696. The zero-order valence-corrected chi connectivity index (χ0v) is 17.6. The van der Waals surface area contributed by atoms with Gasteiger partial charge in [0.25, 0.3) is 0 Å². The van der Waals surface area contributed by atoms with Crippen LogP contribution in [-0.4, -0.2) is 19.5 Å². The zero-order valence-electron chi connectivity index (χ0n) is 16.7. The first kappa shape index (κ1) is 21.5. The van der Waals surface area contributed by atoms with Gasteiger partial charge in [0.2, 0.25) is 10.0 Å². The fourth-order valence-electron chi connectivity index (χ4n) is 3.16. The summed E-state index contributed by atoms with van der Waals surface area (Å²) in [5.41, 5.74) is 2.03. The highest BCUT2D eigenvalue weighted by Crippen LogP contribution is 2.28. The molecule has 0 saturated carbocycles. The Morgan fingerprint density at radius 3 is 1.90 bits per heavy atom. The third-order valence-electron chi connectivity index (χ3n) is 4.82. The number of carboxylic acid groups (broad SMARTS) is 1. The number of hydrogen-bond acceptors (Lipinski definition) is 4. The molecule has 0 fully saturated rings. The van der Waals surface area contributed by atoms with Crippen molar-refractivity contribution in [1.29, 1.82) is 0 Å². The molecule has 0 amide bonds. The standard InChI is InChI=1S/C23H24N2O4S/c1-16(18-9-5-3-6-10-18)24-21-14-13-20(23(26)27)15-22(21)30(28,29)25-17(2)19-11-7-4-8-12-19/h3-17,24-25H,1-2H3,(H,26,27). The molecule has 30 heavy (non-hydrogen) atoms. The topological polar surface area (TPSA) is 95.5 Å². The predicted molar refractivity (Wildman–Crippen MR) is 117 cm³/mol. The van der Waals surface area contributed by atoms with E-state index in [1.165, 1.54) is 18.2 Å². The summed E-state index contributed by atoms with van der Waals surface area (Å²) in [5.74, 6) is -1.19. The van der Waals surface area contributed by atoms with Gasteiger partial charge in [-0.2, -0.15) is 0 Å². The second-order valence-corrected chi connectivity index (χ2v) is 8.73. The van der Waals surface area contributed by atoms with E-state index in [1.807, 2.05) is 67.6 Å². The van der Waals surface area contributed by atoms with E-state index in [0.717, 1.165) is 11.1 Å². The van der Waals surface area contributed by atoms with Gasteiger partial charge in [-0.15, -0.1) is 0 Å². The van der Waals surface area contributed by atoms with Crippen LogP contribution in [0.25, 0.3) is 0 Å². The number of sulfonamides is 1. The van der Waals surface area contributed by atoms with Crippen LogP contribution in [0.4, 0.5) is 5.69 Å². The average molecular weight is 425 g/mol. The Morgan fingerprint density at radius 2 is 1.37 bits per heavy atom. The number of nitrogens with one attached hydrogen (secondary N) is 2. The summed E-state index contributed by atoms with van der Waals surface area (Å²) in [6.07, 6.45) is 0. The molecular weight excluding hydrogens is 400 g/mol. The van der Waals surface area contributed by atoms with Crippen molar-refractivity contribution < 1.29 is 18.3 Å². The van der Waals surface area contributed by atoms with Gasteiger partial charge in [0, 0.05) is 12.1 Å². The Labute approximate surface area is 176 Å². The van der Waals surface area contributed by atoms with Crippen LogP contribution >= 0.6 is 0 Å². The quantitative estimate of drug-likeness (QED) is 0.491. The van der Waals surface area contributed by atoms with Gasteiger partial charge >= 0.3 is 5.97 Å². The molecule has 0 heterocycles. The number of aromatic carboxylic acids is 1. The van der Waals surface area contributed by atoms with Gasteiger partial charge in [-0.1, -0.05) is 60.7 Å². The molecule has 3 aromatic carbocycles. The number of rotatable bonds is 8. The second-order valence-electron chi connectivity index (χ2n) is 7.05. The number of benzene rings is 3. The first-order valence-electron chi connectivity index (χ1n) is 9.54. The summed E-state index contributed by atoms with van der Waals surface area (Å²) < 4.78 is 29.0. The lowest BCUT2D eigenvalue weighted by Crippen LogP contribution is -2.28. The molecule has 0 bridgehead atoms. The Bertz CT molecular complexity index is 1120. The van der Waals surface area contributed by atoms with Gasteiger partial charge in [0.1, 0.15) is 4.90 Å². The molecule has 0 spiro atoms. The minimum atomic E-state index is -4.00. The summed E-state index contributed by atoms with van der Waals surface area (Å²) >= 11 is 0. The Hall–Kier alpha value is -3.16. The molecule has 0 saturated heterocycles. The van der Waals surface area contributed by atoms with E-state index in [1.54, 1.807) is 6.92 Å². The lowest BCUT2D eigenvalue weighted by Gasteiger charge is -2.21. The van der Waals surface area contributed by atoms with Crippen LogP contribution in [0.5, 0.6) is 0 Å². The molecule has 156 valence electrons. The van der Waals surface area contributed by atoms with Crippen molar-refractivity contribution in [3.8, 4) is 0 Å². The maximum absolute atomic E-state index is 13.2. The van der Waals surface area contributed by atoms with Crippen molar-refractivity contribution in [2.24, 2.45) is 0 Å². The van der Waals surface area contributed by atoms with E-state index in [9.17, 15) is 18.3 Å². The molecule has 0 aliphatic carbocycles. The minimum Gasteiger partial charge on any atom is -0.478 e. The molecule has 0 aromatic heterocycles. The Kier molecular flexibility index (Phi) is 6.54. The monoisotopic (exact) mass is 424 g/mol. The average Bonchev–Trinajstić information content (AvgIpc) is 2.74. The molecule has 2 unspecified atom stereocenters. The molecule has 3 N–H and O–H groups in total. The molecule has 7 heteroatoms. The summed E-state index contributed by atoms with van der Waals surface area (Å²) in [6, 6.07) is 22.2. The first-order valence-corrected chi connectivity index (χ1v) is 11.0. The maximum Gasteiger partial charge on any atom is 0.335 e. The number of anilines is 1. The highest BCUT2D eigenvalue weighted by Gasteiger charge is 2.24. The van der Waals surface area contributed by atoms with E-state index < -0.39 is 22.0 Å². The SMILES string of the molecule is CC(Nc1ccc(C(=O)O)cc1S(=O)(=O)NC(C)c1ccccc1)c1ccccc1. The molecular formula is C23H24N2O4S. The summed E-state index contributed by atoms with van der Waals surface area (Å²) in [6.45, 7) is 3.66. The van der Waals surface area contributed by atoms with Crippen LogP contribution < -0.4 is 10.0 Å². The van der Waals surface area contributed by atoms with Gasteiger partial charge in [-0.05, 0) is 43.2 Å². The van der Waals surface area contributed by atoms with Crippen molar-refractivity contribution in [2.75, 3.05) is 5.32 Å². The largest absolute Gasteiger partial charge is 0.478 e. The van der Waals surface area contributed by atoms with Crippen molar-refractivity contribution in [1.82, 2.24) is 4.72 Å². The molecule has 3 rings (SSSR count). The number of hydrogen-bond donors (Lipinski definition) is 3. The predicted octanol–water partition coefficient (Wildman–Crippen LogP) is 4.60. The van der Waals surface area contributed by atoms with E-state index in [0.29, 0.717) is 5.69 Å². The highest BCUT2D eigenvalue weighted by molar-refractivity contribution is 7.89. The first-order chi connectivity index (χ1) is 14.3. The Morgan fingerprint density at radius 1 is 0.833 bits per heavy atom. The molecule has 0 radical (unpaired) electrons. The van der Waals surface area contributed by atoms with Crippen LogP contribution in [-0.2, 0) is 10.0 Å². The minimum absolute atomic E-state index is 0.0966. The number of carbonyl (C=O) groups is 1. The molecule has 0 aliphatic heterocycles. The summed E-state index contributed by atoms with van der Waals surface area (Å²) in [4.78, 5) is 11.3. The van der Waals surface area contributed by atoms with Crippen molar-refractivity contribution in [2.45, 2.75) is 30.8 Å². The van der Waals surface area contributed by atoms with Crippen LogP contribution in [0.15, 0.2) is 83.8 Å².